The minimum Gasteiger partial charge on any atom is -0.375 e. The summed E-state index contributed by atoms with van der Waals surface area (Å²) in [7, 11) is 0. The first-order valence-corrected chi connectivity index (χ1v) is 3.15. The van der Waals surface area contributed by atoms with Crippen molar-refractivity contribution in [1.82, 2.24) is 0 Å². The molecule has 0 aromatic heterocycles. The highest BCUT2D eigenvalue weighted by molar-refractivity contribution is 6.21. The summed E-state index contributed by atoms with van der Waals surface area (Å²) < 4.78 is 5.08. The van der Waals surface area contributed by atoms with E-state index in [-0.39, 0.29) is 11.5 Å². The monoisotopic (exact) mass is 132 g/mol. The van der Waals surface area contributed by atoms with Crippen molar-refractivity contribution in [2.24, 2.45) is 0 Å². The molecule has 0 bridgehead atoms. The van der Waals surface area contributed by atoms with E-state index in [1.54, 1.807) is 0 Å². The van der Waals surface area contributed by atoms with Gasteiger partial charge in [-0.1, -0.05) is 6.08 Å². The van der Waals surface area contributed by atoms with Crippen LogP contribution in [0.5, 0.6) is 0 Å². The molecule has 1 rings (SSSR count). The van der Waals surface area contributed by atoms with Gasteiger partial charge in [-0.15, -0.1) is 18.2 Å². The number of ether oxygens (including phenoxy) is 1. The van der Waals surface area contributed by atoms with E-state index in [2.05, 4.69) is 6.58 Å². The lowest BCUT2D eigenvalue weighted by Crippen LogP contribution is -2.40. The van der Waals surface area contributed by atoms with Crippen LogP contribution in [0.3, 0.4) is 0 Å². The van der Waals surface area contributed by atoms with Gasteiger partial charge in [-0.25, -0.2) is 0 Å². The van der Waals surface area contributed by atoms with Crippen molar-refractivity contribution in [2.45, 2.75) is 17.9 Å². The van der Waals surface area contributed by atoms with Crippen molar-refractivity contribution in [3.05, 3.63) is 12.7 Å². The van der Waals surface area contributed by atoms with Crippen molar-refractivity contribution in [1.29, 1.82) is 0 Å². The summed E-state index contributed by atoms with van der Waals surface area (Å²) in [5, 5.41) is 0.230. The highest BCUT2D eigenvalue weighted by atomic mass is 35.5. The summed E-state index contributed by atoms with van der Waals surface area (Å²) in [6.45, 7) is 4.29. The van der Waals surface area contributed by atoms with Gasteiger partial charge >= 0.3 is 0 Å². The first kappa shape index (κ1) is 6.12. The third-order valence-corrected chi connectivity index (χ3v) is 1.68. The molecule has 1 aliphatic rings. The zero-order chi connectivity index (χ0) is 5.98. The average molecular weight is 133 g/mol. The highest BCUT2D eigenvalue weighted by Crippen LogP contribution is 2.21. The third-order valence-electron chi connectivity index (χ3n) is 1.27. The van der Waals surface area contributed by atoms with E-state index in [0.717, 1.165) is 6.42 Å². The smallest absolute Gasteiger partial charge is 0.0834 e. The van der Waals surface area contributed by atoms with Gasteiger partial charge in [0, 0.05) is 0 Å². The molecule has 0 N–H and O–H groups in total. The molecule has 0 aliphatic carbocycles. The van der Waals surface area contributed by atoms with E-state index in [4.69, 9.17) is 16.3 Å². The lowest BCUT2D eigenvalue weighted by molar-refractivity contribution is -0.0417. The van der Waals surface area contributed by atoms with E-state index >= 15 is 0 Å². The van der Waals surface area contributed by atoms with Gasteiger partial charge in [0.15, 0.2) is 0 Å². The van der Waals surface area contributed by atoms with Gasteiger partial charge in [0.2, 0.25) is 0 Å². The fraction of sp³-hybridized carbons (Fsp3) is 0.667. The van der Waals surface area contributed by atoms with Crippen molar-refractivity contribution < 1.29 is 4.74 Å². The minimum atomic E-state index is 0.230. The highest BCUT2D eigenvalue weighted by Gasteiger charge is 2.28. The van der Waals surface area contributed by atoms with Gasteiger partial charge in [0.1, 0.15) is 0 Å². The van der Waals surface area contributed by atoms with E-state index < -0.39 is 0 Å². The van der Waals surface area contributed by atoms with Gasteiger partial charge in [-0.3, -0.25) is 0 Å². The first-order valence-electron chi connectivity index (χ1n) is 2.71. The molecule has 8 heavy (non-hydrogen) atoms. The molecule has 1 fully saturated rings. The van der Waals surface area contributed by atoms with Crippen molar-refractivity contribution in [3.8, 4) is 0 Å². The molecule has 0 aromatic rings. The number of halogens is 1. The summed E-state index contributed by atoms with van der Waals surface area (Å²) in [5.74, 6) is 0. The van der Waals surface area contributed by atoms with Crippen molar-refractivity contribution in [2.75, 3.05) is 6.61 Å². The Bertz CT molecular complexity index is 92.5. The van der Waals surface area contributed by atoms with Crippen LogP contribution in [0.2, 0.25) is 0 Å². The number of rotatable bonds is 2. The molecular weight excluding hydrogens is 124 g/mol. The molecule has 1 aliphatic heterocycles. The predicted molar refractivity (Wildman–Crippen MR) is 34.2 cm³/mol. The fourth-order valence-corrected chi connectivity index (χ4v) is 0.933. The van der Waals surface area contributed by atoms with Gasteiger partial charge in [0.05, 0.1) is 18.1 Å². The average Bonchev–Trinajstić information content (AvgIpc) is 1.79. The van der Waals surface area contributed by atoms with E-state index in [1.807, 2.05) is 6.08 Å². The van der Waals surface area contributed by atoms with Crippen LogP contribution in [0.4, 0.5) is 0 Å². The maximum Gasteiger partial charge on any atom is 0.0834 e. The van der Waals surface area contributed by atoms with Gasteiger partial charge in [-0.2, -0.15) is 0 Å². The van der Waals surface area contributed by atoms with E-state index in [1.165, 1.54) is 0 Å². The van der Waals surface area contributed by atoms with Crippen LogP contribution in [0.1, 0.15) is 6.42 Å². The Labute approximate surface area is 54.3 Å². The van der Waals surface area contributed by atoms with Crippen LogP contribution in [0, 0.1) is 0 Å². The number of hydrogen-bond donors (Lipinski definition) is 0. The van der Waals surface area contributed by atoms with Crippen LogP contribution < -0.4 is 0 Å². The standard InChI is InChI=1S/C6H9ClO/c1-2-3-6-5(7)4-8-6/h2,5-6H,1,3-4H2. The molecule has 1 heterocycles. The minimum absolute atomic E-state index is 0.230. The van der Waals surface area contributed by atoms with E-state index in [0.29, 0.717) is 6.61 Å². The zero-order valence-corrected chi connectivity index (χ0v) is 5.40. The molecule has 1 saturated heterocycles. The van der Waals surface area contributed by atoms with Gasteiger partial charge in [0.25, 0.3) is 0 Å². The lowest BCUT2D eigenvalue weighted by atomic mass is 10.1. The first-order chi connectivity index (χ1) is 3.84. The lowest BCUT2D eigenvalue weighted by Gasteiger charge is -2.31. The van der Waals surface area contributed by atoms with Crippen molar-refractivity contribution >= 4 is 11.6 Å². The van der Waals surface area contributed by atoms with Crippen LogP contribution in [-0.2, 0) is 4.74 Å². The molecule has 2 atom stereocenters. The number of hydrogen-bond acceptors (Lipinski definition) is 1. The predicted octanol–water partition coefficient (Wildman–Crippen LogP) is 1.57. The van der Waals surface area contributed by atoms with E-state index in [9.17, 15) is 0 Å². The molecule has 2 unspecified atom stereocenters. The molecule has 0 saturated carbocycles. The van der Waals surface area contributed by atoms with Crippen LogP contribution in [0.25, 0.3) is 0 Å². The Morgan fingerprint density at radius 2 is 2.62 bits per heavy atom. The Kier molecular flexibility index (Phi) is 1.92. The van der Waals surface area contributed by atoms with Gasteiger partial charge in [-0.05, 0) is 6.42 Å². The molecule has 0 radical (unpaired) electrons. The Morgan fingerprint density at radius 3 is 2.75 bits per heavy atom. The SMILES string of the molecule is C=CCC1OCC1Cl. The zero-order valence-electron chi connectivity index (χ0n) is 4.64. The normalized spacial score (nSPS) is 36.1. The second-order valence-corrected chi connectivity index (χ2v) is 2.47. The summed E-state index contributed by atoms with van der Waals surface area (Å²) in [4.78, 5) is 0. The molecule has 0 amide bonds. The molecule has 0 spiro atoms. The Morgan fingerprint density at radius 1 is 1.88 bits per heavy atom. The molecule has 2 heteroatoms. The fourth-order valence-electron chi connectivity index (χ4n) is 0.685. The second-order valence-electron chi connectivity index (χ2n) is 1.91. The molecule has 1 nitrogen and oxygen atoms in total. The maximum absolute atomic E-state index is 5.72. The topological polar surface area (TPSA) is 9.23 Å². The largest absolute Gasteiger partial charge is 0.375 e. The van der Waals surface area contributed by atoms with Crippen molar-refractivity contribution in [3.63, 3.8) is 0 Å². The van der Waals surface area contributed by atoms with Gasteiger partial charge < -0.3 is 4.74 Å². The summed E-state index contributed by atoms with van der Waals surface area (Å²) in [6, 6.07) is 0. The maximum atomic E-state index is 5.72. The summed E-state index contributed by atoms with van der Waals surface area (Å²) in [5.41, 5.74) is 0. The second kappa shape index (κ2) is 2.51. The van der Waals surface area contributed by atoms with Crippen LogP contribution in [-0.4, -0.2) is 18.1 Å². The molecule has 0 aromatic carbocycles. The van der Waals surface area contributed by atoms with Crippen LogP contribution in [0.15, 0.2) is 12.7 Å². The Balaban J connectivity index is 2.16. The third kappa shape index (κ3) is 1.04. The van der Waals surface area contributed by atoms with Crippen LogP contribution >= 0.6 is 11.6 Å². The summed E-state index contributed by atoms with van der Waals surface area (Å²) >= 11 is 5.72. The molecule has 46 valence electrons. The molecular formula is C6H9ClO. The number of alkyl halides is 1. The Hall–Kier alpha value is -0.0100. The quantitative estimate of drug-likeness (QED) is 0.410. The summed E-state index contributed by atoms with van der Waals surface area (Å²) in [6.07, 6.45) is 2.96.